The van der Waals surface area contributed by atoms with Gasteiger partial charge in [-0.05, 0) is 6.42 Å². The maximum atomic E-state index is 12.5. The molecule has 1 unspecified atom stereocenters. The Kier molecular flexibility index (Phi) is 2.62. The van der Waals surface area contributed by atoms with Crippen molar-refractivity contribution in [1.82, 2.24) is 5.32 Å². The molecule has 0 radical (unpaired) electrons. The normalized spacial score (nSPS) is 27.3. The maximum Gasteiger partial charge on any atom is 0.303 e. The molecule has 0 bridgehead atoms. The number of nitrogens with one attached hydrogen (secondary N) is 1. The van der Waals surface area contributed by atoms with Gasteiger partial charge < -0.3 is 10.4 Å². The molecule has 5 heteroatoms. The highest BCUT2D eigenvalue weighted by molar-refractivity contribution is 5.66. The Bertz CT molecular complexity index is 184. The zero-order valence-corrected chi connectivity index (χ0v) is 6.52. The van der Waals surface area contributed by atoms with Crippen molar-refractivity contribution in [3.8, 4) is 0 Å². The second-order valence-electron chi connectivity index (χ2n) is 3.07. The first-order valence-electron chi connectivity index (χ1n) is 3.83. The first-order valence-corrected chi connectivity index (χ1v) is 3.83. The molecule has 1 aliphatic rings. The van der Waals surface area contributed by atoms with E-state index in [4.69, 9.17) is 5.11 Å². The topological polar surface area (TPSA) is 49.3 Å². The van der Waals surface area contributed by atoms with Gasteiger partial charge in [-0.25, -0.2) is 8.78 Å². The summed E-state index contributed by atoms with van der Waals surface area (Å²) in [5.74, 6) is -3.59. The Morgan fingerprint density at radius 3 is 2.75 bits per heavy atom. The Hall–Kier alpha value is -0.710. The van der Waals surface area contributed by atoms with E-state index in [9.17, 15) is 13.6 Å². The van der Waals surface area contributed by atoms with Crippen molar-refractivity contribution in [3.63, 3.8) is 0 Å². The predicted octanol–water partition coefficient (Wildman–Crippen LogP) is 0.848. The highest BCUT2D eigenvalue weighted by Crippen LogP contribution is 2.26. The molecule has 1 fully saturated rings. The van der Waals surface area contributed by atoms with Gasteiger partial charge in [-0.1, -0.05) is 0 Å². The summed E-state index contributed by atoms with van der Waals surface area (Å²) in [4.78, 5) is 10.1. The van der Waals surface area contributed by atoms with E-state index < -0.39 is 11.9 Å². The van der Waals surface area contributed by atoms with Gasteiger partial charge >= 0.3 is 5.97 Å². The second-order valence-corrected chi connectivity index (χ2v) is 3.07. The molecular formula is C7H11F2NO2. The number of hydrogen-bond donors (Lipinski definition) is 2. The van der Waals surface area contributed by atoms with Crippen LogP contribution < -0.4 is 5.32 Å². The minimum absolute atomic E-state index is 0.0479. The molecule has 70 valence electrons. The third-order valence-electron chi connectivity index (χ3n) is 1.90. The zero-order chi connectivity index (χ0) is 9.19. The number of carbonyl (C=O) groups is 1. The van der Waals surface area contributed by atoms with Crippen LogP contribution in [0.25, 0.3) is 0 Å². The van der Waals surface area contributed by atoms with Gasteiger partial charge in [0, 0.05) is 18.9 Å². The predicted molar refractivity (Wildman–Crippen MR) is 38.2 cm³/mol. The molecule has 2 N–H and O–H groups in total. The molecular weight excluding hydrogens is 168 g/mol. The lowest BCUT2D eigenvalue weighted by Crippen LogP contribution is -2.22. The first kappa shape index (κ1) is 9.38. The molecule has 3 nitrogen and oxygen atoms in total. The molecule has 0 aromatic rings. The standard InChI is InChI=1S/C7H11F2NO2/c8-7(9)3-5(10-4-7)1-2-6(11)12/h5,10H,1-4H2,(H,11,12). The average molecular weight is 179 g/mol. The van der Waals surface area contributed by atoms with E-state index in [1.165, 1.54) is 0 Å². The summed E-state index contributed by atoms with van der Waals surface area (Å²) in [7, 11) is 0. The molecule has 0 spiro atoms. The lowest BCUT2D eigenvalue weighted by atomic mass is 10.1. The van der Waals surface area contributed by atoms with Crippen LogP contribution >= 0.6 is 0 Å². The van der Waals surface area contributed by atoms with Gasteiger partial charge in [-0.15, -0.1) is 0 Å². The largest absolute Gasteiger partial charge is 0.481 e. The van der Waals surface area contributed by atoms with Gasteiger partial charge in [0.15, 0.2) is 0 Å². The van der Waals surface area contributed by atoms with Gasteiger partial charge in [0.25, 0.3) is 5.92 Å². The van der Waals surface area contributed by atoms with Gasteiger partial charge in [0.05, 0.1) is 6.54 Å². The number of carboxylic acid groups (broad SMARTS) is 1. The van der Waals surface area contributed by atoms with Crippen molar-refractivity contribution in [2.24, 2.45) is 0 Å². The van der Waals surface area contributed by atoms with Crippen LogP contribution in [-0.4, -0.2) is 29.6 Å². The number of carboxylic acids is 1. The van der Waals surface area contributed by atoms with E-state index in [1.807, 2.05) is 0 Å². The van der Waals surface area contributed by atoms with Gasteiger partial charge in [0.2, 0.25) is 0 Å². The van der Waals surface area contributed by atoms with Crippen LogP contribution in [0.15, 0.2) is 0 Å². The summed E-state index contributed by atoms with van der Waals surface area (Å²) in [5, 5.41) is 10.9. The van der Waals surface area contributed by atoms with Crippen molar-refractivity contribution >= 4 is 5.97 Å². The van der Waals surface area contributed by atoms with Crippen LogP contribution in [0.4, 0.5) is 8.78 Å². The number of alkyl halides is 2. The molecule has 1 heterocycles. The van der Waals surface area contributed by atoms with Crippen molar-refractivity contribution in [2.45, 2.75) is 31.2 Å². The van der Waals surface area contributed by atoms with Crippen LogP contribution in [0, 0.1) is 0 Å². The van der Waals surface area contributed by atoms with E-state index in [0.29, 0.717) is 0 Å². The third-order valence-corrected chi connectivity index (χ3v) is 1.90. The van der Waals surface area contributed by atoms with E-state index in [2.05, 4.69) is 5.32 Å². The smallest absolute Gasteiger partial charge is 0.303 e. The van der Waals surface area contributed by atoms with Gasteiger partial charge in [0.1, 0.15) is 0 Å². The van der Waals surface area contributed by atoms with Crippen LogP contribution in [-0.2, 0) is 4.79 Å². The number of halogens is 2. The fraction of sp³-hybridized carbons (Fsp3) is 0.857. The minimum Gasteiger partial charge on any atom is -0.481 e. The molecule has 0 aliphatic carbocycles. The van der Waals surface area contributed by atoms with Crippen molar-refractivity contribution < 1.29 is 18.7 Å². The molecule has 1 aliphatic heterocycles. The van der Waals surface area contributed by atoms with Crippen LogP contribution in [0.2, 0.25) is 0 Å². The molecule has 1 atom stereocenters. The highest BCUT2D eigenvalue weighted by atomic mass is 19.3. The Labute approximate surface area is 68.8 Å². The lowest BCUT2D eigenvalue weighted by Gasteiger charge is -2.07. The summed E-state index contributed by atoms with van der Waals surface area (Å²) >= 11 is 0. The van der Waals surface area contributed by atoms with E-state index in [-0.39, 0.29) is 31.8 Å². The van der Waals surface area contributed by atoms with E-state index in [0.717, 1.165) is 0 Å². The van der Waals surface area contributed by atoms with Gasteiger partial charge in [-0.3, -0.25) is 4.79 Å². The van der Waals surface area contributed by atoms with E-state index in [1.54, 1.807) is 0 Å². The minimum atomic E-state index is -2.65. The summed E-state index contributed by atoms with van der Waals surface area (Å²) in [6, 6.07) is -0.337. The molecule has 12 heavy (non-hydrogen) atoms. The first-order chi connectivity index (χ1) is 5.49. The number of aliphatic carboxylic acids is 1. The number of rotatable bonds is 3. The molecule has 0 amide bonds. The van der Waals surface area contributed by atoms with Crippen molar-refractivity contribution in [1.29, 1.82) is 0 Å². The fourth-order valence-corrected chi connectivity index (χ4v) is 1.30. The maximum absolute atomic E-state index is 12.5. The van der Waals surface area contributed by atoms with Crippen LogP contribution in [0.5, 0.6) is 0 Å². The Balaban J connectivity index is 2.24. The lowest BCUT2D eigenvalue weighted by molar-refractivity contribution is -0.137. The monoisotopic (exact) mass is 179 g/mol. The summed E-state index contributed by atoms with van der Waals surface area (Å²) in [6.45, 7) is -0.322. The van der Waals surface area contributed by atoms with E-state index >= 15 is 0 Å². The Morgan fingerprint density at radius 1 is 1.67 bits per heavy atom. The molecule has 0 aromatic heterocycles. The average Bonchev–Trinajstić information content (AvgIpc) is 2.26. The molecule has 1 rings (SSSR count). The van der Waals surface area contributed by atoms with Gasteiger partial charge in [-0.2, -0.15) is 0 Å². The molecule has 0 aromatic carbocycles. The second kappa shape index (κ2) is 3.35. The Morgan fingerprint density at radius 2 is 2.33 bits per heavy atom. The van der Waals surface area contributed by atoms with Crippen LogP contribution in [0.3, 0.4) is 0 Å². The fourth-order valence-electron chi connectivity index (χ4n) is 1.30. The van der Waals surface area contributed by atoms with Crippen molar-refractivity contribution in [3.05, 3.63) is 0 Å². The zero-order valence-electron chi connectivity index (χ0n) is 6.52. The number of hydrogen-bond acceptors (Lipinski definition) is 2. The van der Waals surface area contributed by atoms with Crippen molar-refractivity contribution in [2.75, 3.05) is 6.54 Å². The van der Waals surface area contributed by atoms with Crippen LogP contribution in [0.1, 0.15) is 19.3 Å². The molecule has 0 saturated carbocycles. The SMILES string of the molecule is O=C(O)CCC1CC(F)(F)CN1. The summed E-state index contributed by atoms with van der Waals surface area (Å²) in [6.07, 6.45) is -0.00104. The quantitative estimate of drug-likeness (QED) is 0.675. The highest BCUT2D eigenvalue weighted by Gasteiger charge is 2.38. The summed E-state index contributed by atoms with van der Waals surface area (Å²) in [5.41, 5.74) is 0. The molecule has 1 saturated heterocycles. The summed E-state index contributed by atoms with van der Waals surface area (Å²) < 4.78 is 25.0. The third kappa shape index (κ3) is 2.73.